The highest BCUT2D eigenvalue weighted by Gasteiger charge is 2.29. The molecule has 7 nitrogen and oxygen atoms in total. The largest absolute Gasteiger partial charge is 0.480 e. The Morgan fingerprint density at radius 3 is 2.77 bits per heavy atom. The molecule has 0 fully saturated rings. The molecular weight excluding hydrogens is 356 g/mol. The number of hydrogen-bond acceptors (Lipinski definition) is 5. The summed E-state index contributed by atoms with van der Waals surface area (Å²) in [6, 6.07) is 8.03. The molecule has 2 N–H and O–H groups in total. The molecule has 1 aliphatic heterocycles. The molecule has 1 heterocycles. The Hall–Kier alpha value is -2.09. The Labute approximate surface area is 135 Å². The quantitative estimate of drug-likeness (QED) is 0.800. The summed E-state index contributed by atoms with van der Waals surface area (Å²) in [5.74, 6) is -1.15. The number of halogens is 1. The van der Waals surface area contributed by atoms with Crippen LogP contribution >= 0.6 is 15.9 Å². The summed E-state index contributed by atoms with van der Waals surface area (Å²) in [7, 11) is 0. The minimum Gasteiger partial charge on any atom is -0.480 e. The van der Waals surface area contributed by atoms with Crippen LogP contribution in [0.1, 0.15) is 18.4 Å². The number of nitrogens with zero attached hydrogens (tertiary/aromatic N) is 1. The third kappa shape index (κ3) is 5.03. The third-order valence-electron chi connectivity index (χ3n) is 3.00. The van der Waals surface area contributed by atoms with Gasteiger partial charge in [0.15, 0.2) is 0 Å². The summed E-state index contributed by atoms with van der Waals surface area (Å²) >= 11 is 3.17. The minimum absolute atomic E-state index is 0.0770. The van der Waals surface area contributed by atoms with Crippen molar-refractivity contribution in [2.45, 2.75) is 31.6 Å². The lowest BCUT2D eigenvalue weighted by atomic mass is 10.1. The van der Waals surface area contributed by atoms with E-state index in [1.807, 2.05) is 30.3 Å². The van der Waals surface area contributed by atoms with Crippen LogP contribution in [0.25, 0.3) is 0 Å². The Kier molecular flexibility index (Phi) is 5.76. The average molecular weight is 371 g/mol. The van der Waals surface area contributed by atoms with Crippen molar-refractivity contribution in [1.82, 2.24) is 5.32 Å². The summed E-state index contributed by atoms with van der Waals surface area (Å²) in [5, 5.41) is 15.2. The molecule has 1 aromatic rings. The zero-order chi connectivity index (χ0) is 15.9. The van der Waals surface area contributed by atoms with Gasteiger partial charge in [0, 0.05) is 12.8 Å². The van der Waals surface area contributed by atoms with Gasteiger partial charge >= 0.3 is 12.1 Å². The number of carboxylic acids is 1. The Morgan fingerprint density at radius 2 is 2.18 bits per heavy atom. The predicted molar refractivity (Wildman–Crippen MR) is 81.7 cm³/mol. The molecule has 0 bridgehead atoms. The highest BCUT2D eigenvalue weighted by Crippen LogP contribution is 2.18. The van der Waals surface area contributed by atoms with E-state index in [4.69, 9.17) is 14.7 Å². The molecule has 0 aliphatic carbocycles. The number of carbonyl (C=O) groups excluding carboxylic acids is 1. The summed E-state index contributed by atoms with van der Waals surface area (Å²) < 4.78 is 5.62. The van der Waals surface area contributed by atoms with Gasteiger partial charge in [0.1, 0.15) is 23.4 Å². The lowest BCUT2D eigenvalue weighted by Crippen LogP contribution is -2.43. The van der Waals surface area contributed by atoms with Crippen molar-refractivity contribution in [3.63, 3.8) is 0 Å². The number of carboxylic acid groups (broad SMARTS) is 1. The van der Waals surface area contributed by atoms with E-state index in [0.29, 0.717) is 11.0 Å². The maximum absolute atomic E-state index is 11.7. The molecular formula is C14H15BrN2O5. The number of benzene rings is 1. The van der Waals surface area contributed by atoms with Crippen LogP contribution in [-0.4, -0.2) is 33.9 Å². The van der Waals surface area contributed by atoms with Crippen LogP contribution in [0.2, 0.25) is 0 Å². The van der Waals surface area contributed by atoms with Gasteiger partial charge < -0.3 is 20.0 Å². The van der Waals surface area contributed by atoms with Crippen LogP contribution in [0.15, 0.2) is 35.5 Å². The number of hydrogen-bond donors (Lipinski definition) is 2. The first-order chi connectivity index (χ1) is 10.5. The van der Waals surface area contributed by atoms with Crippen LogP contribution in [0, 0.1) is 0 Å². The van der Waals surface area contributed by atoms with Gasteiger partial charge in [-0.05, 0) is 21.5 Å². The van der Waals surface area contributed by atoms with Crippen molar-refractivity contribution in [2.24, 2.45) is 5.16 Å². The SMILES string of the molecule is O=C(N[C@H](C[C@@H]1CC(Br)=NO1)C(=O)O)OCc1ccccc1. The first-order valence-corrected chi connectivity index (χ1v) is 7.42. The van der Waals surface area contributed by atoms with E-state index >= 15 is 0 Å². The molecule has 8 heteroatoms. The van der Waals surface area contributed by atoms with Gasteiger partial charge in [-0.3, -0.25) is 0 Å². The van der Waals surface area contributed by atoms with Gasteiger partial charge in [0.05, 0.1) is 0 Å². The van der Waals surface area contributed by atoms with Crippen LogP contribution in [0.3, 0.4) is 0 Å². The summed E-state index contributed by atoms with van der Waals surface area (Å²) in [6.07, 6.45) is -0.585. The molecule has 0 saturated carbocycles. The molecule has 2 rings (SSSR count). The molecule has 0 spiro atoms. The topological polar surface area (TPSA) is 97.2 Å². The second-order valence-corrected chi connectivity index (χ2v) is 5.65. The van der Waals surface area contributed by atoms with E-state index in [0.717, 1.165) is 5.56 Å². The van der Waals surface area contributed by atoms with Gasteiger partial charge in [0.25, 0.3) is 0 Å². The second kappa shape index (κ2) is 7.79. The molecule has 1 amide bonds. The first-order valence-electron chi connectivity index (χ1n) is 6.63. The number of nitrogens with one attached hydrogen (secondary N) is 1. The number of carbonyl (C=O) groups is 2. The molecule has 118 valence electrons. The number of ether oxygens (including phenoxy) is 1. The molecule has 1 aromatic carbocycles. The molecule has 0 radical (unpaired) electrons. The molecule has 1 aliphatic rings. The fourth-order valence-corrected chi connectivity index (χ4v) is 2.36. The smallest absolute Gasteiger partial charge is 0.408 e. The number of amides is 1. The minimum atomic E-state index is -1.15. The van der Waals surface area contributed by atoms with Gasteiger partial charge in [-0.15, -0.1) is 0 Å². The molecule has 2 atom stereocenters. The summed E-state index contributed by atoms with van der Waals surface area (Å²) in [6.45, 7) is 0.0770. The molecule has 0 saturated heterocycles. The van der Waals surface area contributed by atoms with E-state index < -0.39 is 18.1 Å². The Balaban J connectivity index is 1.80. The normalized spacial score (nSPS) is 18.0. The van der Waals surface area contributed by atoms with Crippen LogP contribution in [-0.2, 0) is 21.0 Å². The molecule has 22 heavy (non-hydrogen) atoms. The maximum atomic E-state index is 11.7. The number of rotatable bonds is 6. The van der Waals surface area contributed by atoms with Gasteiger partial charge in [0.2, 0.25) is 0 Å². The zero-order valence-electron chi connectivity index (χ0n) is 11.6. The lowest BCUT2D eigenvalue weighted by molar-refractivity contribution is -0.140. The predicted octanol–water partition coefficient (Wildman–Crippen LogP) is 2.25. The number of oxime groups is 1. The maximum Gasteiger partial charge on any atom is 0.408 e. The van der Waals surface area contributed by atoms with Crippen molar-refractivity contribution in [3.8, 4) is 0 Å². The van der Waals surface area contributed by atoms with E-state index in [2.05, 4.69) is 26.4 Å². The molecule has 0 aromatic heterocycles. The highest BCUT2D eigenvalue weighted by atomic mass is 79.9. The fourth-order valence-electron chi connectivity index (χ4n) is 1.91. The van der Waals surface area contributed by atoms with Crippen molar-refractivity contribution in [1.29, 1.82) is 0 Å². The van der Waals surface area contributed by atoms with E-state index in [9.17, 15) is 9.59 Å². The van der Waals surface area contributed by atoms with Crippen molar-refractivity contribution in [2.75, 3.05) is 0 Å². The van der Waals surface area contributed by atoms with E-state index in [-0.39, 0.29) is 19.1 Å². The second-order valence-electron chi connectivity index (χ2n) is 4.73. The summed E-state index contributed by atoms with van der Waals surface area (Å²) in [5.41, 5.74) is 0.820. The van der Waals surface area contributed by atoms with Crippen molar-refractivity contribution >= 4 is 32.6 Å². The van der Waals surface area contributed by atoms with E-state index in [1.54, 1.807) is 0 Å². The number of aliphatic carboxylic acids is 1. The highest BCUT2D eigenvalue weighted by molar-refractivity contribution is 9.18. The van der Waals surface area contributed by atoms with Gasteiger partial charge in [-0.2, -0.15) is 0 Å². The van der Waals surface area contributed by atoms with Crippen molar-refractivity contribution in [3.05, 3.63) is 35.9 Å². The zero-order valence-corrected chi connectivity index (χ0v) is 13.2. The number of alkyl carbamates (subject to hydrolysis) is 1. The molecule has 0 unspecified atom stereocenters. The van der Waals surface area contributed by atoms with E-state index in [1.165, 1.54) is 0 Å². The van der Waals surface area contributed by atoms with Gasteiger partial charge in [-0.25, -0.2) is 9.59 Å². The fraction of sp³-hybridized carbons (Fsp3) is 0.357. The van der Waals surface area contributed by atoms with Crippen LogP contribution in [0.5, 0.6) is 0 Å². The first kappa shape index (κ1) is 16.3. The Morgan fingerprint density at radius 1 is 1.45 bits per heavy atom. The van der Waals surface area contributed by atoms with Crippen molar-refractivity contribution < 1.29 is 24.3 Å². The van der Waals surface area contributed by atoms with Crippen LogP contribution in [0.4, 0.5) is 4.79 Å². The van der Waals surface area contributed by atoms with Gasteiger partial charge in [-0.1, -0.05) is 35.5 Å². The lowest BCUT2D eigenvalue weighted by Gasteiger charge is -2.17. The Bertz CT molecular complexity index is 564. The third-order valence-corrected chi connectivity index (χ3v) is 3.47. The van der Waals surface area contributed by atoms with Crippen LogP contribution < -0.4 is 5.32 Å². The summed E-state index contributed by atoms with van der Waals surface area (Å²) in [4.78, 5) is 27.9. The average Bonchev–Trinajstić information content (AvgIpc) is 2.91. The standard InChI is InChI=1S/C14H15BrN2O5/c15-12-7-10(22-17-12)6-11(13(18)19)16-14(20)21-8-9-4-2-1-3-5-9/h1-5,10-11H,6-8H2,(H,16,20)(H,18,19)/t10-,11-/m1/s1. The monoisotopic (exact) mass is 370 g/mol.